The topological polar surface area (TPSA) is 39.8 Å². The Morgan fingerprint density at radius 2 is 1.84 bits per heavy atom. The normalized spacial score (nSPS) is 23.5. The lowest BCUT2D eigenvalue weighted by Crippen LogP contribution is -2.63. The van der Waals surface area contributed by atoms with Gasteiger partial charge in [0, 0.05) is 36.3 Å². The first-order valence-corrected chi connectivity index (χ1v) is 12.2. The van der Waals surface area contributed by atoms with Crippen molar-refractivity contribution in [3.05, 3.63) is 29.8 Å². The Balaban J connectivity index is 1.73. The van der Waals surface area contributed by atoms with Gasteiger partial charge in [0.05, 0.1) is 7.11 Å². The van der Waals surface area contributed by atoms with Crippen LogP contribution in [0.25, 0.3) is 0 Å². The van der Waals surface area contributed by atoms with Crippen molar-refractivity contribution < 1.29 is 4.74 Å². The molecule has 2 heterocycles. The molecule has 0 bridgehead atoms. The van der Waals surface area contributed by atoms with Crippen molar-refractivity contribution in [1.82, 2.24) is 20.4 Å². The zero-order chi connectivity index (χ0) is 22.6. The van der Waals surface area contributed by atoms with Crippen LogP contribution in [0.4, 0.5) is 0 Å². The average Bonchev–Trinajstić information content (AvgIpc) is 3.12. The Kier molecular flexibility index (Phi) is 7.87. The summed E-state index contributed by atoms with van der Waals surface area (Å²) in [4.78, 5) is 4.98. The molecular weight excluding hydrogens is 404 g/mol. The van der Waals surface area contributed by atoms with Crippen molar-refractivity contribution in [3.8, 4) is 5.75 Å². The number of hydrogen-bond donors (Lipinski definition) is 2. The molecule has 31 heavy (non-hydrogen) atoms. The molecule has 2 aliphatic rings. The van der Waals surface area contributed by atoms with Gasteiger partial charge in [-0.15, -0.1) is 0 Å². The predicted octanol–water partition coefficient (Wildman–Crippen LogP) is 4.17. The fraction of sp³-hybridized carbons (Fsp3) is 0.720. The van der Waals surface area contributed by atoms with Crippen LogP contribution in [0.5, 0.6) is 5.75 Å². The SMILES string of the molecule is CCN1CCCC1CN(Cc1ccc(OC)cc1)C(=S)NC1CC(C)(C)NC(C)(C)C1. The minimum atomic E-state index is 0.0975. The van der Waals surface area contributed by atoms with Crippen molar-refractivity contribution in [1.29, 1.82) is 0 Å². The zero-order valence-corrected chi connectivity index (χ0v) is 21.1. The van der Waals surface area contributed by atoms with Gasteiger partial charge in [0.1, 0.15) is 5.75 Å². The van der Waals surface area contributed by atoms with Crippen LogP contribution in [0.3, 0.4) is 0 Å². The third kappa shape index (κ3) is 6.80. The highest BCUT2D eigenvalue weighted by molar-refractivity contribution is 7.80. The standard InChI is InChI=1S/C25H42N4OS/c1-7-28-14-8-9-21(28)18-29(17-19-10-12-22(30-6)13-11-19)23(31)26-20-15-24(2,3)27-25(4,5)16-20/h10-13,20-21,27H,7-9,14-18H2,1-6H3,(H,26,31). The number of hydrogen-bond acceptors (Lipinski definition) is 4. The molecule has 1 atom stereocenters. The first kappa shape index (κ1) is 24.3. The highest BCUT2D eigenvalue weighted by atomic mass is 32.1. The van der Waals surface area contributed by atoms with Crippen molar-refractivity contribution in [2.24, 2.45) is 0 Å². The van der Waals surface area contributed by atoms with Gasteiger partial charge in [0.2, 0.25) is 0 Å². The summed E-state index contributed by atoms with van der Waals surface area (Å²) >= 11 is 6.01. The predicted molar refractivity (Wildman–Crippen MR) is 134 cm³/mol. The van der Waals surface area contributed by atoms with Crippen LogP contribution in [0.1, 0.15) is 65.9 Å². The van der Waals surface area contributed by atoms with Gasteiger partial charge < -0.3 is 20.3 Å². The number of likely N-dealkylation sites (N-methyl/N-ethyl adjacent to an activating group) is 1. The summed E-state index contributed by atoms with van der Waals surface area (Å²) in [6.07, 6.45) is 4.67. The van der Waals surface area contributed by atoms with Crippen molar-refractivity contribution in [3.63, 3.8) is 0 Å². The average molecular weight is 447 g/mol. The number of thiocarbonyl (C=S) groups is 1. The largest absolute Gasteiger partial charge is 0.497 e. The molecule has 2 aliphatic heterocycles. The van der Waals surface area contributed by atoms with Gasteiger partial charge in [-0.05, 0) is 96.4 Å². The summed E-state index contributed by atoms with van der Waals surface area (Å²) in [6.45, 7) is 15.5. The number of methoxy groups -OCH3 is 1. The molecule has 0 saturated carbocycles. The number of nitrogens with one attached hydrogen (secondary N) is 2. The lowest BCUT2D eigenvalue weighted by molar-refractivity contribution is 0.152. The smallest absolute Gasteiger partial charge is 0.169 e. The Hall–Kier alpha value is -1.37. The van der Waals surface area contributed by atoms with E-state index in [1.165, 1.54) is 24.9 Å². The second-order valence-electron chi connectivity index (χ2n) is 10.6. The van der Waals surface area contributed by atoms with Crippen LogP contribution < -0.4 is 15.4 Å². The van der Waals surface area contributed by atoms with E-state index >= 15 is 0 Å². The molecule has 0 amide bonds. The highest BCUT2D eigenvalue weighted by Crippen LogP contribution is 2.29. The van der Waals surface area contributed by atoms with E-state index in [9.17, 15) is 0 Å². The van der Waals surface area contributed by atoms with Crippen LogP contribution in [0.15, 0.2) is 24.3 Å². The van der Waals surface area contributed by atoms with Crippen LogP contribution >= 0.6 is 12.2 Å². The molecule has 1 aromatic rings. The maximum absolute atomic E-state index is 6.01. The van der Waals surface area contributed by atoms with E-state index in [0.29, 0.717) is 12.1 Å². The lowest BCUT2D eigenvalue weighted by Gasteiger charge is -2.47. The molecule has 174 valence electrons. The van der Waals surface area contributed by atoms with Gasteiger partial charge in [-0.1, -0.05) is 19.1 Å². The molecule has 1 unspecified atom stereocenters. The first-order chi connectivity index (χ1) is 14.6. The number of nitrogens with zero attached hydrogens (tertiary/aromatic N) is 2. The molecule has 5 nitrogen and oxygen atoms in total. The maximum Gasteiger partial charge on any atom is 0.169 e. The van der Waals surface area contributed by atoms with Gasteiger partial charge >= 0.3 is 0 Å². The second kappa shape index (κ2) is 10.1. The summed E-state index contributed by atoms with van der Waals surface area (Å²) in [5.74, 6) is 0.892. The number of ether oxygens (including phenoxy) is 1. The number of likely N-dealkylation sites (tertiary alicyclic amines) is 1. The molecule has 1 aromatic carbocycles. The molecule has 0 aromatic heterocycles. The fourth-order valence-electron chi connectivity index (χ4n) is 5.63. The van der Waals surface area contributed by atoms with Gasteiger partial charge in [0.15, 0.2) is 5.11 Å². The van der Waals surface area contributed by atoms with E-state index < -0.39 is 0 Å². The molecule has 2 saturated heterocycles. The highest BCUT2D eigenvalue weighted by Gasteiger charge is 2.38. The molecule has 0 radical (unpaired) electrons. The lowest BCUT2D eigenvalue weighted by atomic mass is 9.80. The molecule has 2 fully saturated rings. The van der Waals surface area contributed by atoms with Crippen LogP contribution in [0.2, 0.25) is 0 Å². The summed E-state index contributed by atoms with van der Waals surface area (Å²) in [5.41, 5.74) is 1.46. The van der Waals surface area contributed by atoms with E-state index in [1.807, 2.05) is 12.1 Å². The zero-order valence-electron chi connectivity index (χ0n) is 20.3. The van der Waals surface area contributed by atoms with Gasteiger partial charge in [-0.25, -0.2) is 0 Å². The van der Waals surface area contributed by atoms with Gasteiger partial charge in [-0.2, -0.15) is 0 Å². The molecule has 0 spiro atoms. The second-order valence-corrected chi connectivity index (χ2v) is 11.0. The Labute approximate surface area is 194 Å². The monoisotopic (exact) mass is 446 g/mol. The molecule has 0 aliphatic carbocycles. The van der Waals surface area contributed by atoms with Crippen LogP contribution in [-0.4, -0.2) is 64.8 Å². The van der Waals surface area contributed by atoms with E-state index in [0.717, 1.165) is 43.3 Å². The molecule has 3 rings (SSSR count). The summed E-state index contributed by atoms with van der Waals surface area (Å²) < 4.78 is 5.33. The van der Waals surface area contributed by atoms with Crippen LogP contribution in [-0.2, 0) is 6.54 Å². The Bertz CT molecular complexity index is 718. The summed E-state index contributed by atoms with van der Waals surface area (Å²) in [7, 11) is 1.71. The minimum Gasteiger partial charge on any atom is -0.497 e. The van der Waals surface area contributed by atoms with E-state index in [-0.39, 0.29) is 11.1 Å². The number of benzene rings is 1. The molecule has 2 N–H and O–H groups in total. The molecular formula is C25H42N4OS. The van der Waals surface area contributed by atoms with Crippen molar-refractivity contribution in [2.45, 2.75) is 90.0 Å². The maximum atomic E-state index is 6.01. The summed E-state index contributed by atoms with van der Waals surface area (Å²) in [6, 6.07) is 9.33. The van der Waals surface area contributed by atoms with Gasteiger partial charge in [0.25, 0.3) is 0 Å². The van der Waals surface area contributed by atoms with E-state index in [2.05, 4.69) is 67.2 Å². The fourth-order valence-corrected chi connectivity index (χ4v) is 5.94. The molecule has 6 heteroatoms. The van der Waals surface area contributed by atoms with Crippen molar-refractivity contribution >= 4 is 17.3 Å². The summed E-state index contributed by atoms with van der Waals surface area (Å²) in [5, 5.41) is 8.41. The first-order valence-electron chi connectivity index (χ1n) is 11.8. The van der Waals surface area contributed by atoms with Gasteiger partial charge in [-0.3, -0.25) is 4.90 Å². The Morgan fingerprint density at radius 1 is 1.19 bits per heavy atom. The van der Waals surface area contributed by atoms with E-state index in [1.54, 1.807) is 7.11 Å². The number of rotatable bonds is 7. The van der Waals surface area contributed by atoms with Crippen LogP contribution in [0, 0.1) is 0 Å². The quantitative estimate of drug-likeness (QED) is 0.613. The van der Waals surface area contributed by atoms with Crippen molar-refractivity contribution in [2.75, 3.05) is 26.7 Å². The third-order valence-corrected chi connectivity index (χ3v) is 7.05. The minimum absolute atomic E-state index is 0.0975. The third-order valence-electron chi connectivity index (χ3n) is 6.67. The number of piperidine rings is 1. The van der Waals surface area contributed by atoms with E-state index in [4.69, 9.17) is 17.0 Å². The Morgan fingerprint density at radius 3 is 2.42 bits per heavy atom.